The number of aromatic nitrogens is 1. The number of aliphatic hydroxyl groups is 1. The van der Waals surface area contributed by atoms with Crippen LogP contribution in [0.5, 0.6) is 0 Å². The van der Waals surface area contributed by atoms with E-state index in [9.17, 15) is 14.7 Å². The molecular weight excluding hydrogens is 354 g/mol. The molecule has 28 heavy (non-hydrogen) atoms. The van der Waals surface area contributed by atoms with E-state index in [0.717, 1.165) is 23.1 Å². The number of amides is 2. The molecule has 2 heterocycles. The lowest BCUT2D eigenvalue weighted by Crippen LogP contribution is -2.39. The molecule has 2 amide bonds. The molecule has 6 nitrogen and oxygen atoms in total. The molecule has 2 aromatic rings. The Hall–Kier alpha value is -2.73. The average Bonchev–Trinajstić information content (AvgIpc) is 2.89. The predicted octanol–water partition coefficient (Wildman–Crippen LogP) is 1.98. The van der Waals surface area contributed by atoms with Gasteiger partial charge in [-0.05, 0) is 30.0 Å². The Bertz CT molecular complexity index is 810. The van der Waals surface area contributed by atoms with Gasteiger partial charge in [0.05, 0.1) is 5.92 Å². The number of hydrogen-bond acceptors (Lipinski definition) is 4. The van der Waals surface area contributed by atoms with Crippen LogP contribution in [0, 0.1) is 5.92 Å². The Morgan fingerprint density at radius 3 is 2.75 bits per heavy atom. The highest BCUT2D eigenvalue weighted by Gasteiger charge is 2.32. The highest BCUT2D eigenvalue weighted by Crippen LogP contribution is 2.26. The molecule has 3 rings (SSSR count). The summed E-state index contributed by atoms with van der Waals surface area (Å²) in [7, 11) is 0. The summed E-state index contributed by atoms with van der Waals surface area (Å²) >= 11 is 0. The van der Waals surface area contributed by atoms with E-state index in [1.807, 2.05) is 54.4 Å². The van der Waals surface area contributed by atoms with Crippen molar-refractivity contribution in [3.8, 4) is 11.1 Å². The monoisotopic (exact) mass is 381 g/mol. The fraction of sp³-hybridized carbons (Fsp3) is 0.409. The smallest absolute Gasteiger partial charge is 0.248 e. The number of nitrogens with zero attached hydrogens (tertiary/aromatic N) is 3. The summed E-state index contributed by atoms with van der Waals surface area (Å²) in [6.45, 7) is 3.51. The second kappa shape index (κ2) is 9.46. The number of rotatable bonds is 6. The third-order valence-corrected chi connectivity index (χ3v) is 5.18. The minimum Gasteiger partial charge on any atom is -0.387 e. The number of aliphatic hydroxyl groups excluding tert-OH is 1. The molecule has 0 saturated carbocycles. The van der Waals surface area contributed by atoms with Crippen LogP contribution in [-0.4, -0.2) is 64.5 Å². The molecule has 148 valence electrons. The Labute approximate surface area is 165 Å². The maximum absolute atomic E-state index is 13.2. The van der Waals surface area contributed by atoms with E-state index in [0.29, 0.717) is 32.6 Å². The van der Waals surface area contributed by atoms with Crippen molar-refractivity contribution in [3.05, 3.63) is 54.4 Å². The number of carbonyl (C=O) groups excluding carboxylic acids is 2. The first-order valence-corrected chi connectivity index (χ1v) is 9.79. The zero-order valence-corrected chi connectivity index (χ0v) is 16.3. The zero-order chi connectivity index (χ0) is 19.9. The summed E-state index contributed by atoms with van der Waals surface area (Å²) in [6, 6.07) is 11.9. The Balaban J connectivity index is 1.90. The lowest BCUT2D eigenvalue weighted by Gasteiger charge is -2.24. The second-order valence-corrected chi connectivity index (χ2v) is 7.12. The molecule has 1 aromatic carbocycles. The van der Waals surface area contributed by atoms with Crippen LogP contribution in [0.2, 0.25) is 0 Å². The van der Waals surface area contributed by atoms with Crippen molar-refractivity contribution in [2.24, 2.45) is 5.92 Å². The molecule has 0 unspecified atom stereocenters. The van der Waals surface area contributed by atoms with Gasteiger partial charge in [-0.3, -0.25) is 14.6 Å². The minimum absolute atomic E-state index is 0.0797. The first kappa shape index (κ1) is 20.0. The maximum atomic E-state index is 13.2. The quantitative estimate of drug-likeness (QED) is 0.830. The van der Waals surface area contributed by atoms with Crippen LogP contribution in [0.25, 0.3) is 11.1 Å². The second-order valence-electron chi connectivity index (χ2n) is 7.12. The molecule has 1 aliphatic heterocycles. The van der Waals surface area contributed by atoms with Crippen LogP contribution >= 0.6 is 0 Å². The van der Waals surface area contributed by atoms with Gasteiger partial charge in [0.15, 0.2) is 0 Å². The van der Waals surface area contributed by atoms with Crippen molar-refractivity contribution in [2.45, 2.75) is 19.8 Å². The maximum Gasteiger partial charge on any atom is 0.248 e. The fourth-order valence-electron chi connectivity index (χ4n) is 3.78. The predicted molar refractivity (Wildman–Crippen MR) is 107 cm³/mol. The van der Waals surface area contributed by atoms with Gasteiger partial charge in [-0.2, -0.15) is 0 Å². The Morgan fingerprint density at radius 1 is 1.21 bits per heavy atom. The molecule has 1 fully saturated rings. The molecule has 1 atom stereocenters. The molecule has 1 aromatic heterocycles. The van der Waals surface area contributed by atoms with Gasteiger partial charge in [-0.25, -0.2) is 0 Å². The topological polar surface area (TPSA) is 73.7 Å². The Morgan fingerprint density at radius 2 is 2.04 bits per heavy atom. The third kappa shape index (κ3) is 4.57. The SMILES string of the molecule is CCCN1CCN(C(=O)CO)C[C@@H](Cc2ccccc2-c2cccnc2)C1=O. The fourth-order valence-corrected chi connectivity index (χ4v) is 3.78. The van der Waals surface area contributed by atoms with Crippen molar-refractivity contribution < 1.29 is 14.7 Å². The van der Waals surface area contributed by atoms with Crippen LogP contribution in [0.15, 0.2) is 48.8 Å². The first-order valence-electron chi connectivity index (χ1n) is 9.79. The molecule has 0 bridgehead atoms. The van der Waals surface area contributed by atoms with Crippen molar-refractivity contribution in [1.82, 2.24) is 14.8 Å². The van der Waals surface area contributed by atoms with Gasteiger partial charge in [0.25, 0.3) is 0 Å². The van der Waals surface area contributed by atoms with E-state index in [2.05, 4.69) is 4.98 Å². The lowest BCUT2D eigenvalue weighted by atomic mass is 9.91. The summed E-state index contributed by atoms with van der Waals surface area (Å²) in [5, 5.41) is 9.29. The molecule has 6 heteroatoms. The van der Waals surface area contributed by atoms with E-state index < -0.39 is 6.61 Å². The zero-order valence-electron chi connectivity index (χ0n) is 16.3. The molecule has 1 saturated heterocycles. The van der Waals surface area contributed by atoms with E-state index in [1.165, 1.54) is 0 Å². The van der Waals surface area contributed by atoms with Crippen molar-refractivity contribution in [3.63, 3.8) is 0 Å². The summed E-state index contributed by atoms with van der Waals surface area (Å²) < 4.78 is 0. The molecule has 0 spiro atoms. The van der Waals surface area contributed by atoms with Gasteiger partial charge < -0.3 is 14.9 Å². The minimum atomic E-state index is -0.527. The first-order chi connectivity index (χ1) is 13.6. The van der Waals surface area contributed by atoms with Gasteiger partial charge in [-0.1, -0.05) is 37.3 Å². The number of hydrogen-bond donors (Lipinski definition) is 1. The normalized spacial score (nSPS) is 17.5. The van der Waals surface area contributed by atoms with Gasteiger partial charge in [-0.15, -0.1) is 0 Å². The molecule has 0 aliphatic carbocycles. The number of pyridine rings is 1. The molecule has 1 aliphatic rings. The molecule has 1 N–H and O–H groups in total. The molecule has 0 radical (unpaired) electrons. The summed E-state index contributed by atoms with van der Waals surface area (Å²) in [5.74, 6) is -0.574. The Kier molecular flexibility index (Phi) is 6.76. The molecular formula is C22H27N3O3. The van der Waals surface area contributed by atoms with E-state index in [4.69, 9.17) is 0 Å². The van der Waals surface area contributed by atoms with Crippen LogP contribution < -0.4 is 0 Å². The van der Waals surface area contributed by atoms with Crippen LogP contribution in [-0.2, 0) is 16.0 Å². The number of carbonyl (C=O) groups is 2. The van der Waals surface area contributed by atoms with Crippen molar-refractivity contribution in [1.29, 1.82) is 0 Å². The summed E-state index contributed by atoms with van der Waals surface area (Å²) in [4.78, 5) is 32.9. The highest BCUT2D eigenvalue weighted by atomic mass is 16.3. The summed E-state index contributed by atoms with van der Waals surface area (Å²) in [6.07, 6.45) is 4.97. The highest BCUT2D eigenvalue weighted by molar-refractivity contribution is 5.83. The van der Waals surface area contributed by atoms with Crippen LogP contribution in [0.3, 0.4) is 0 Å². The van der Waals surface area contributed by atoms with Crippen molar-refractivity contribution in [2.75, 3.05) is 32.8 Å². The van der Waals surface area contributed by atoms with E-state index in [-0.39, 0.29) is 17.7 Å². The summed E-state index contributed by atoms with van der Waals surface area (Å²) in [5.41, 5.74) is 3.12. The average molecular weight is 381 g/mol. The van der Waals surface area contributed by atoms with E-state index >= 15 is 0 Å². The van der Waals surface area contributed by atoms with Gasteiger partial charge >= 0.3 is 0 Å². The van der Waals surface area contributed by atoms with Gasteiger partial charge in [0.2, 0.25) is 11.8 Å². The van der Waals surface area contributed by atoms with Crippen LogP contribution in [0.4, 0.5) is 0 Å². The lowest BCUT2D eigenvalue weighted by molar-refractivity contribution is -0.135. The standard InChI is InChI=1S/C22H27N3O3/c1-2-10-24-11-12-25(21(27)16-26)15-19(22(24)28)13-17-6-3-4-8-20(17)18-7-5-9-23-14-18/h3-9,14,19,26H,2,10-13,15-16H2,1H3/t19-/m1/s1. The van der Waals surface area contributed by atoms with Crippen molar-refractivity contribution >= 4 is 11.8 Å². The van der Waals surface area contributed by atoms with Crippen LogP contribution in [0.1, 0.15) is 18.9 Å². The largest absolute Gasteiger partial charge is 0.387 e. The number of benzene rings is 1. The third-order valence-electron chi connectivity index (χ3n) is 5.18. The van der Waals surface area contributed by atoms with E-state index in [1.54, 1.807) is 11.1 Å². The van der Waals surface area contributed by atoms with Gasteiger partial charge in [0.1, 0.15) is 6.61 Å². The van der Waals surface area contributed by atoms with Gasteiger partial charge in [0, 0.05) is 44.1 Å².